The molecule has 1 aromatic carbocycles. The van der Waals surface area contributed by atoms with E-state index in [0.29, 0.717) is 12.2 Å². The van der Waals surface area contributed by atoms with Crippen LogP contribution in [0.15, 0.2) is 41.4 Å². The molecule has 25 heavy (non-hydrogen) atoms. The van der Waals surface area contributed by atoms with Crippen LogP contribution in [0.4, 0.5) is 4.39 Å². The molecule has 3 rings (SSSR count). The molecule has 0 aliphatic heterocycles. The zero-order valence-corrected chi connectivity index (χ0v) is 14.9. The van der Waals surface area contributed by atoms with Crippen LogP contribution in [0.3, 0.4) is 0 Å². The van der Waals surface area contributed by atoms with Gasteiger partial charge < -0.3 is 9.47 Å². The van der Waals surface area contributed by atoms with Gasteiger partial charge in [0, 0.05) is 25.8 Å². The molecule has 8 heteroatoms. The van der Waals surface area contributed by atoms with Crippen LogP contribution >= 0.6 is 0 Å². The summed E-state index contributed by atoms with van der Waals surface area (Å²) in [6.45, 7) is 0.364. The highest BCUT2D eigenvalue weighted by atomic mass is 32.2. The number of amides is 1. The van der Waals surface area contributed by atoms with Crippen molar-refractivity contribution >= 4 is 15.9 Å². The fourth-order valence-electron chi connectivity index (χ4n) is 2.70. The van der Waals surface area contributed by atoms with Gasteiger partial charge in [-0.25, -0.2) is 17.5 Å². The van der Waals surface area contributed by atoms with Crippen molar-refractivity contribution in [2.24, 2.45) is 7.05 Å². The highest BCUT2D eigenvalue weighted by Gasteiger charge is 2.34. The van der Waals surface area contributed by atoms with E-state index >= 15 is 0 Å². The fraction of sp³-hybridized carbons (Fsp3) is 0.353. The Morgan fingerprint density at radius 1 is 1.32 bits per heavy atom. The SMILES string of the molecule is CNS(=O)(=O)c1cc(C(=O)N(Cc2ccc(F)cc2)C2CC2)n(C)c1. The highest BCUT2D eigenvalue weighted by molar-refractivity contribution is 7.89. The number of nitrogens with one attached hydrogen (secondary N) is 1. The Bertz CT molecular complexity index is 886. The molecule has 1 aliphatic carbocycles. The quantitative estimate of drug-likeness (QED) is 0.850. The van der Waals surface area contributed by atoms with E-state index in [1.807, 2.05) is 0 Å². The third kappa shape index (κ3) is 3.74. The second-order valence-electron chi connectivity index (χ2n) is 6.17. The first-order valence-electron chi connectivity index (χ1n) is 7.97. The van der Waals surface area contributed by atoms with Gasteiger partial charge in [0.15, 0.2) is 0 Å². The predicted octanol–water partition coefficient (Wildman–Crippen LogP) is 1.88. The van der Waals surface area contributed by atoms with Crippen molar-refractivity contribution in [1.29, 1.82) is 0 Å². The topological polar surface area (TPSA) is 71.4 Å². The summed E-state index contributed by atoms with van der Waals surface area (Å²) < 4.78 is 40.7. The van der Waals surface area contributed by atoms with Crippen molar-refractivity contribution in [3.63, 3.8) is 0 Å². The maximum atomic E-state index is 13.1. The van der Waals surface area contributed by atoms with Gasteiger partial charge in [-0.2, -0.15) is 0 Å². The number of aromatic nitrogens is 1. The van der Waals surface area contributed by atoms with Crippen molar-refractivity contribution in [3.8, 4) is 0 Å². The molecule has 1 amide bonds. The number of hydrogen-bond donors (Lipinski definition) is 1. The van der Waals surface area contributed by atoms with Gasteiger partial charge in [0.05, 0.1) is 0 Å². The maximum Gasteiger partial charge on any atom is 0.271 e. The Balaban J connectivity index is 1.87. The summed E-state index contributed by atoms with van der Waals surface area (Å²) in [5, 5.41) is 0. The van der Waals surface area contributed by atoms with Crippen molar-refractivity contribution in [2.75, 3.05) is 7.05 Å². The van der Waals surface area contributed by atoms with E-state index in [0.717, 1.165) is 18.4 Å². The van der Waals surface area contributed by atoms with Crippen LogP contribution in [0, 0.1) is 5.82 Å². The van der Waals surface area contributed by atoms with E-state index in [9.17, 15) is 17.6 Å². The summed E-state index contributed by atoms with van der Waals surface area (Å²) in [4.78, 5) is 14.7. The fourth-order valence-corrected chi connectivity index (χ4v) is 3.50. The maximum absolute atomic E-state index is 13.1. The Morgan fingerprint density at radius 2 is 1.96 bits per heavy atom. The molecule has 1 fully saturated rings. The molecule has 1 N–H and O–H groups in total. The lowest BCUT2D eigenvalue weighted by atomic mass is 10.2. The number of benzene rings is 1. The van der Waals surface area contributed by atoms with Crippen LogP contribution < -0.4 is 4.72 Å². The number of carbonyl (C=O) groups is 1. The lowest BCUT2D eigenvalue weighted by Crippen LogP contribution is -2.33. The van der Waals surface area contributed by atoms with Crippen molar-refractivity contribution in [1.82, 2.24) is 14.2 Å². The molecule has 0 spiro atoms. The van der Waals surface area contributed by atoms with E-state index in [-0.39, 0.29) is 22.7 Å². The van der Waals surface area contributed by atoms with E-state index < -0.39 is 10.0 Å². The molecular weight excluding hydrogens is 345 g/mol. The summed E-state index contributed by atoms with van der Waals surface area (Å²) in [5.41, 5.74) is 1.14. The summed E-state index contributed by atoms with van der Waals surface area (Å²) >= 11 is 0. The molecule has 0 unspecified atom stereocenters. The van der Waals surface area contributed by atoms with Crippen LogP contribution in [-0.4, -0.2) is 36.9 Å². The van der Waals surface area contributed by atoms with Gasteiger partial charge in [0.2, 0.25) is 10.0 Å². The summed E-state index contributed by atoms with van der Waals surface area (Å²) in [6, 6.07) is 7.56. The van der Waals surface area contributed by atoms with E-state index in [2.05, 4.69) is 4.72 Å². The molecule has 2 aromatic rings. The van der Waals surface area contributed by atoms with Crippen LogP contribution in [0.2, 0.25) is 0 Å². The normalized spacial score (nSPS) is 14.5. The van der Waals surface area contributed by atoms with E-state index in [4.69, 9.17) is 0 Å². The molecule has 6 nitrogen and oxygen atoms in total. The number of nitrogens with zero attached hydrogens (tertiary/aromatic N) is 2. The van der Waals surface area contributed by atoms with Gasteiger partial charge in [0.1, 0.15) is 16.4 Å². The number of aryl methyl sites for hydroxylation is 1. The monoisotopic (exact) mass is 365 g/mol. The van der Waals surface area contributed by atoms with Crippen LogP contribution in [0.5, 0.6) is 0 Å². The zero-order valence-electron chi connectivity index (χ0n) is 14.1. The Labute approximate surface area is 146 Å². The van der Waals surface area contributed by atoms with Gasteiger partial charge in [-0.3, -0.25) is 4.79 Å². The van der Waals surface area contributed by atoms with Crippen LogP contribution in [-0.2, 0) is 23.6 Å². The largest absolute Gasteiger partial charge is 0.345 e. The van der Waals surface area contributed by atoms with Crippen LogP contribution in [0.1, 0.15) is 28.9 Å². The summed E-state index contributed by atoms with van der Waals surface area (Å²) in [6.07, 6.45) is 3.25. The number of sulfonamides is 1. The number of carbonyl (C=O) groups excluding carboxylic acids is 1. The predicted molar refractivity (Wildman–Crippen MR) is 91.0 cm³/mol. The molecule has 1 aliphatic rings. The van der Waals surface area contributed by atoms with Crippen LogP contribution in [0.25, 0.3) is 0 Å². The van der Waals surface area contributed by atoms with Gasteiger partial charge in [-0.15, -0.1) is 0 Å². The molecule has 1 heterocycles. The summed E-state index contributed by atoms with van der Waals surface area (Å²) in [7, 11) is -0.639. The second kappa shape index (κ2) is 6.61. The van der Waals surface area contributed by atoms with Gasteiger partial charge in [0.25, 0.3) is 5.91 Å². The first-order chi connectivity index (χ1) is 11.8. The summed E-state index contributed by atoms with van der Waals surface area (Å²) in [5.74, 6) is -0.552. The van der Waals surface area contributed by atoms with E-state index in [1.54, 1.807) is 24.1 Å². The highest BCUT2D eigenvalue weighted by Crippen LogP contribution is 2.30. The molecule has 134 valence electrons. The number of hydrogen-bond acceptors (Lipinski definition) is 3. The lowest BCUT2D eigenvalue weighted by Gasteiger charge is -2.22. The van der Waals surface area contributed by atoms with Crippen molar-refractivity contribution in [2.45, 2.75) is 30.3 Å². The van der Waals surface area contributed by atoms with E-state index in [1.165, 1.54) is 36.0 Å². The van der Waals surface area contributed by atoms with Crippen molar-refractivity contribution < 1.29 is 17.6 Å². The zero-order chi connectivity index (χ0) is 18.2. The molecule has 0 atom stereocenters. The van der Waals surface area contributed by atoms with Crippen molar-refractivity contribution in [3.05, 3.63) is 53.6 Å². The smallest absolute Gasteiger partial charge is 0.271 e. The molecule has 1 aromatic heterocycles. The molecule has 1 saturated carbocycles. The third-order valence-corrected chi connectivity index (χ3v) is 5.67. The Kier molecular flexibility index (Phi) is 4.66. The average Bonchev–Trinajstić information content (AvgIpc) is 3.35. The molecule has 0 bridgehead atoms. The third-order valence-electron chi connectivity index (χ3n) is 4.29. The number of rotatable bonds is 6. The standard InChI is InChI=1S/C17H20FN3O3S/c1-19-25(23,24)15-9-16(20(2)11-15)17(22)21(14-7-8-14)10-12-3-5-13(18)6-4-12/h3-6,9,11,14,19H,7-8,10H2,1-2H3. The average molecular weight is 365 g/mol. The second-order valence-corrected chi connectivity index (χ2v) is 8.06. The van der Waals surface area contributed by atoms with Gasteiger partial charge >= 0.3 is 0 Å². The minimum Gasteiger partial charge on any atom is -0.345 e. The van der Waals surface area contributed by atoms with Gasteiger partial charge in [-0.05, 0) is 43.7 Å². The lowest BCUT2D eigenvalue weighted by molar-refractivity contribution is 0.0720. The Hall–Kier alpha value is -2.19. The minimum absolute atomic E-state index is 0.0541. The molecule has 0 saturated heterocycles. The first-order valence-corrected chi connectivity index (χ1v) is 9.45. The first kappa shape index (κ1) is 17.6. The number of halogens is 1. The molecule has 0 radical (unpaired) electrons. The van der Waals surface area contributed by atoms with Gasteiger partial charge in [-0.1, -0.05) is 12.1 Å². The Morgan fingerprint density at radius 3 is 2.52 bits per heavy atom. The molecular formula is C17H20FN3O3S. The minimum atomic E-state index is -3.61.